The van der Waals surface area contributed by atoms with Crippen LogP contribution in [-0.4, -0.2) is 5.11 Å². The first-order valence-electron chi connectivity index (χ1n) is 5.55. The lowest BCUT2D eigenvalue weighted by atomic mass is 10.3. The predicted molar refractivity (Wildman–Crippen MR) is 77.6 cm³/mol. The van der Waals surface area contributed by atoms with Crippen LogP contribution in [0, 0.1) is 23.3 Å². The molecule has 0 spiro atoms. The van der Waals surface area contributed by atoms with Gasteiger partial charge in [0.2, 0.25) is 0 Å². The van der Waals surface area contributed by atoms with Gasteiger partial charge in [0.25, 0.3) is 0 Å². The van der Waals surface area contributed by atoms with E-state index in [1.165, 1.54) is 12.1 Å². The van der Waals surface area contributed by atoms with Gasteiger partial charge in [-0.15, -0.1) is 0 Å². The van der Waals surface area contributed by atoms with Crippen LogP contribution in [0.2, 0.25) is 5.02 Å². The van der Waals surface area contributed by atoms with Crippen LogP contribution in [0.4, 0.5) is 28.9 Å². The van der Waals surface area contributed by atoms with Gasteiger partial charge in [-0.05, 0) is 42.5 Å². The van der Waals surface area contributed by atoms with Gasteiger partial charge in [-0.2, -0.15) is 0 Å². The van der Waals surface area contributed by atoms with Crippen molar-refractivity contribution >= 4 is 40.3 Å². The van der Waals surface area contributed by atoms with Gasteiger partial charge in [0.15, 0.2) is 22.6 Å². The standard InChI is InChI=1S/C13H7ClF4N2S/c14-7-5-6(1-2-8(7)15)19-13(21)20-10-4-3-9(16)11(17)12(10)18/h1-5H,(H2,19,20,21). The Balaban J connectivity index is 2.12. The molecule has 8 heteroatoms. The van der Waals surface area contributed by atoms with E-state index in [0.717, 1.165) is 18.2 Å². The number of halogens is 5. The molecule has 0 aromatic heterocycles. The molecule has 0 unspecified atom stereocenters. The summed E-state index contributed by atoms with van der Waals surface area (Å²) in [6.07, 6.45) is 0. The molecule has 2 N–H and O–H groups in total. The van der Waals surface area contributed by atoms with Gasteiger partial charge >= 0.3 is 0 Å². The van der Waals surface area contributed by atoms with Crippen LogP contribution in [0.15, 0.2) is 30.3 Å². The van der Waals surface area contributed by atoms with E-state index >= 15 is 0 Å². The van der Waals surface area contributed by atoms with Crippen LogP contribution >= 0.6 is 23.8 Å². The van der Waals surface area contributed by atoms with E-state index in [1.54, 1.807) is 0 Å². The molecule has 110 valence electrons. The second-order valence-corrected chi connectivity index (χ2v) is 4.75. The first kappa shape index (κ1) is 15.5. The van der Waals surface area contributed by atoms with Gasteiger partial charge in [-0.25, -0.2) is 17.6 Å². The summed E-state index contributed by atoms with van der Waals surface area (Å²) in [5.74, 6) is -4.90. The molecule has 0 aliphatic rings. The summed E-state index contributed by atoms with van der Waals surface area (Å²) in [6, 6.07) is 5.51. The fraction of sp³-hybridized carbons (Fsp3) is 0. The van der Waals surface area contributed by atoms with Crippen molar-refractivity contribution in [3.8, 4) is 0 Å². The molecule has 0 aliphatic carbocycles. The molecule has 0 amide bonds. The maximum atomic E-state index is 13.4. The quantitative estimate of drug-likeness (QED) is 0.473. The molecule has 0 aliphatic heterocycles. The van der Waals surface area contributed by atoms with Crippen molar-refractivity contribution in [3.63, 3.8) is 0 Å². The number of thiocarbonyl (C=S) groups is 1. The normalized spacial score (nSPS) is 10.3. The first-order valence-corrected chi connectivity index (χ1v) is 6.33. The highest BCUT2D eigenvalue weighted by Crippen LogP contribution is 2.21. The zero-order valence-corrected chi connectivity index (χ0v) is 11.8. The second-order valence-electron chi connectivity index (χ2n) is 3.93. The Morgan fingerprint density at radius 3 is 2.24 bits per heavy atom. The number of hydrogen-bond donors (Lipinski definition) is 2. The molecule has 0 radical (unpaired) electrons. The summed E-state index contributed by atoms with van der Waals surface area (Å²) in [4.78, 5) is 0. The maximum absolute atomic E-state index is 13.4. The lowest BCUT2D eigenvalue weighted by Gasteiger charge is -2.12. The van der Waals surface area contributed by atoms with Gasteiger partial charge < -0.3 is 10.6 Å². The average Bonchev–Trinajstić information content (AvgIpc) is 2.44. The lowest BCUT2D eigenvalue weighted by Crippen LogP contribution is -2.20. The third-order valence-electron chi connectivity index (χ3n) is 2.46. The monoisotopic (exact) mass is 334 g/mol. The number of anilines is 2. The number of nitrogens with one attached hydrogen (secondary N) is 2. The molecule has 0 bridgehead atoms. The highest BCUT2D eigenvalue weighted by atomic mass is 35.5. The average molecular weight is 335 g/mol. The van der Waals surface area contributed by atoms with E-state index in [1.807, 2.05) is 0 Å². The Kier molecular flexibility index (Phi) is 4.64. The molecule has 0 heterocycles. The highest BCUT2D eigenvalue weighted by molar-refractivity contribution is 7.80. The Labute approximate surface area is 127 Å². The van der Waals surface area contributed by atoms with E-state index in [2.05, 4.69) is 10.6 Å². The topological polar surface area (TPSA) is 24.1 Å². The minimum atomic E-state index is -1.60. The Morgan fingerprint density at radius 1 is 0.905 bits per heavy atom. The molecular formula is C13H7ClF4N2S. The van der Waals surface area contributed by atoms with E-state index in [0.29, 0.717) is 5.69 Å². The van der Waals surface area contributed by atoms with Crippen molar-refractivity contribution in [1.82, 2.24) is 0 Å². The fourth-order valence-electron chi connectivity index (χ4n) is 1.48. The van der Waals surface area contributed by atoms with Gasteiger partial charge in [0.1, 0.15) is 5.82 Å². The molecule has 2 nitrogen and oxygen atoms in total. The third-order valence-corrected chi connectivity index (χ3v) is 2.95. The smallest absolute Gasteiger partial charge is 0.196 e. The van der Waals surface area contributed by atoms with Gasteiger partial charge in [0, 0.05) is 5.69 Å². The van der Waals surface area contributed by atoms with Crippen LogP contribution in [0.1, 0.15) is 0 Å². The Bertz CT molecular complexity index is 709. The summed E-state index contributed by atoms with van der Waals surface area (Å²) in [7, 11) is 0. The molecule has 0 fully saturated rings. The molecule has 0 atom stereocenters. The summed E-state index contributed by atoms with van der Waals surface area (Å²) < 4.78 is 52.3. The van der Waals surface area contributed by atoms with E-state index in [4.69, 9.17) is 23.8 Å². The van der Waals surface area contributed by atoms with Crippen molar-refractivity contribution in [1.29, 1.82) is 0 Å². The zero-order valence-electron chi connectivity index (χ0n) is 10.2. The molecular weight excluding hydrogens is 328 g/mol. The molecule has 2 rings (SSSR count). The van der Waals surface area contributed by atoms with Crippen molar-refractivity contribution in [2.45, 2.75) is 0 Å². The van der Waals surface area contributed by atoms with E-state index in [9.17, 15) is 17.6 Å². The minimum absolute atomic E-state index is 0.0948. The Morgan fingerprint density at radius 2 is 1.57 bits per heavy atom. The summed E-state index contributed by atoms with van der Waals surface area (Å²) in [5, 5.41) is 4.75. The van der Waals surface area contributed by atoms with E-state index < -0.39 is 23.3 Å². The SMILES string of the molecule is Fc1ccc(NC(=S)Nc2ccc(F)c(F)c2F)cc1Cl. The van der Waals surface area contributed by atoms with Crippen LogP contribution in [0.3, 0.4) is 0 Å². The number of rotatable bonds is 2. The molecule has 0 saturated heterocycles. The fourth-order valence-corrected chi connectivity index (χ4v) is 1.89. The van der Waals surface area contributed by atoms with Crippen LogP contribution in [0.5, 0.6) is 0 Å². The van der Waals surface area contributed by atoms with Crippen molar-refractivity contribution in [2.24, 2.45) is 0 Å². The van der Waals surface area contributed by atoms with Crippen molar-refractivity contribution in [2.75, 3.05) is 10.6 Å². The molecule has 21 heavy (non-hydrogen) atoms. The molecule has 2 aromatic rings. The second kappa shape index (κ2) is 6.28. The lowest BCUT2D eigenvalue weighted by molar-refractivity contribution is 0.449. The van der Waals surface area contributed by atoms with Gasteiger partial charge in [0.05, 0.1) is 10.7 Å². The number of benzene rings is 2. The van der Waals surface area contributed by atoms with Crippen molar-refractivity contribution < 1.29 is 17.6 Å². The molecule has 0 saturated carbocycles. The van der Waals surface area contributed by atoms with Gasteiger partial charge in [-0.3, -0.25) is 0 Å². The van der Waals surface area contributed by atoms with E-state index in [-0.39, 0.29) is 15.8 Å². The minimum Gasteiger partial charge on any atom is -0.332 e. The highest BCUT2D eigenvalue weighted by Gasteiger charge is 2.14. The summed E-state index contributed by atoms with van der Waals surface area (Å²) >= 11 is 10.5. The van der Waals surface area contributed by atoms with Crippen LogP contribution in [-0.2, 0) is 0 Å². The third kappa shape index (κ3) is 3.62. The van der Waals surface area contributed by atoms with Gasteiger partial charge in [-0.1, -0.05) is 11.6 Å². The maximum Gasteiger partial charge on any atom is 0.196 e. The largest absolute Gasteiger partial charge is 0.332 e. The Hall–Kier alpha value is -1.86. The van der Waals surface area contributed by atoms with Crippen LogP contribution < -0.4 is 10.6 Å². The predicted octanol–water partition coefficient (Wildman–Crippen LogP) is 4.71. The molecule has 2 aromatic carbocycles. The van der Waals surface area contributed by atoms with Crippen LogP contribution in [0.25, 0.3) is 0 Å². The zero-order chi connectivity index (χ0) is 15.6. The summed E-state index contributed by atoms with van der Waals surface area (Å²) in [6.45, 7) is 0. The number of hydrogen-bond acceptors (Lipinski definition) is 1. The van der Waals surface area contributed by atoms with Crippen molar-refractivity contribution in [3.05, 3.63) is 58.6 Å². The first-order chi connectivity index (χ1) is 9.88. The summed E-state index contributed by atoms with van der Waals surface area (Å²) in [5.41, 5.74) is 0.0153.